The first kappa shape index (κ1) is 20.7. The van der Waals surface area contributed by atoms with E-state index in [2.05, 4.69) is 21.2 Å². The number of carbonyl (C=O) groups is 2. The summed E-state index contributed by atoms with van der Waals surface area (Å²) in [4.78, 5) is 25.7. The standard InChI is InChI=1S/C22H21BrN2O4/c1-15(26)25(2)13-16-5-3-4-6-20(16)24-22(27)21-12-11-19(29-21)14-28-18-9-7-17(23)8-10-18/h3-12H,13-14H2,1-2H3,(H,24,27). The molecule has 3 rings (SSSR count). The molecule has 0 saturated heterocycles. The summed E-state index contributed by atoms with van der Waals surface area (Å²) in [6.07, 6.45) is 0. The van der Waals surface area contributed by atoms with Crippen LogP contribution >= 0.6 is 15.9 Å². The third kappa shape index (κ3) is 5.71. The zero-order valence-corrected chi connectivity index (χ0v) is 17.7. The number of rotatable bonds is 7. The minimum atomic E-state index is -0.363. The lowest BCUT2D eigenvalue weighted by Crippen LogP contribution is -2.24. The quantitative estimate of drug-likeness (QED) is 0.551. The highest BCUT2D eigenvalue weighted by Crippen LogP contribution is 2.20. The summed E-state index contributed by atoms with van der Waals surface area (Å²) in [5.41, 5.74) is 1.47. The monoisotopic (exact) mass is 456 g/mol. The smallest absolute Gasteiger partial charge is 0.291 e. The second-order valence-corrected chi connectivity index (χ2v) is 7.41. The summed E-state index contributed by atoms with van der Waals surface area (Å²) in [6.45, 7) is 2.12. The van der Waals surface area contributed by atoms with Crippen molar-refractivity contribution in [2.24, 2.45) is 0 Å². The van der Waals surface area contributed by atoms with Crippen LogP contribution in [0.2, 0.25) is 0 Å². The highest BCUT2D eigenvalue weighted by atomic mass is 79.9. The van der Waals surface area contributed by atoms with Crippen molar-refractivity contribution >= 4 is 33.4 Å². The van der Waals surface area contributed by atoms with Crippen molar-refractivity contribution < 1.29 is 18.7 Å². The van der Waals surface area contributed by atoms with E-state index >= 15 is 0 Å². The molecule has 0 unspecified atom stereocenters. The molecule has 7 heteroatoms. The Morgan fingerprint density at radius 2 is 1.79 bits per heavy atom. The largest absolute Gasteiger partial charge is 0.486 e. The molecule has 0 radical (unpaired) electrons. The number of carbonyl (C=O) groups excluding carboxylic acids is 2. The Hall–Kier alpha value is -3.06. The Kier molecular flexibility index (Phi) is 6.72. The topological polar surface area (TPSA) is 71.8 Å². The zero-order valence-electron chi connectivity index (χ0n) is 16.1. The molecule has 0 bridgehead atoms. The molecule has 0 spiro atoms. The van der Waals surface area contributed by atoms with Gasteiger partial charge in [0, 0.05) is 30.7 Å². The summed E-state index contributed by atoms with van der Waals surface area (Å²) in [5, 5.41) is 2.85. The van der Waals surface area contributed by atoms with E-state index in [4.69, 9.17) is 9.15 Å². The summed E-state index contributed by atoms with van der Waals surface area (Å²) in [6, 6.07) is 18.1. The SMILES string of the molecule is CC(=O)N(C)Cc1ccccc1NC(=O)c1ccc(COc2ccc(Br)cc2)o1. The molecule has 0 fully saturated rings. The molecule has 6 nitrogen and oxygen atoms in total. The molecule has 3 aromatic rings. The second-order valence-electron chi connectivity index (χ2n) is 6.49. The fourth-order valence-corrected chi connectivity index (χ4v) is 2.86. The van der Waals surface area contributed by atoms with Crippen LogP contribution in [0.15, 0.2) is 69.6 Å². The van der Waals surface area contributed by atoms with Crippen LogP contribution in [0.3, 0.4) is 0 Å². The first-order valence-electron chi connectivity index (χ1n) is 9.00. The Morgan fingerprint density at radius 3 is 2.52 bits per heavy atom. The highest BCUT2D eigenvalue weighted by molar-refractivity contribution is 9.10. The summed E-state index contributed by atoms with van der Waals surface area (Å²) < 4.78 is 12.2. The molecular formula is C22H21BrN2O4. The van der Waals surface area contributed by atoms with Crippen molar-refractivity contribution in [1.29, 1.82) is 0 Å². The normalized spacial score (nSPS) is 10.4. The number of benzene rings is 2. The van der Waals surface area contributed by atoms with E-state index in [0.717, 1.165) is 10.0 Å². The third-order valence-electron chi connectivity index (χ3n) is 4.29. The fourth-order valence-electron chi connectivity index (χ4n) is 2.59. The Bertz CT molecular complexity index is 998. The summed E-state index contributed by atoms with van der Waals surface area (Å²) in [7, 11) is 1.71. The van der Waals surface area contributed by atoms with Crippen LogP contribution in [0.5, 0.6) is 5.75 Å². The molecule has 0 aliphatic carbocycles. The van der Waals surface area contributed by atoms with Crippen molar-refractivity contribution in [3.63, 3.8) is 0 Å². The maximum Gasteiger partial charge on any atom is 0.291 e. The fraction of sp³-hybridized carbons (Fsp3) is 0.182. The van der Waals surface area contributed by atoms with Gasteiger partial charge < -0.3 is 19.4 Å². The van der Waals surface area contributed by atoms with Crippen molar-refractivity contribution in [2.75, 3.05) is 12.4 Å². The Labute approximate surface area is 177 Å². The lowest BCUT2D eigenvalue weighted by Gasteiger charge is -2.17. The van der Waals surface area contributed by atoms with Crippen molar-refractivity contribution in [2.45, 2.75) is 20.1 Å². The third-order valence-corrected chi connectivity index (χ3v) is 4.82. The van der Waals surface area contributed by atoms with Gasteiger partial charge in [-0.15, -0.1) is 0 Å². The number of anilines is 1. The van der Waals surface area contributed by atoms with Crippen LogP contribution in [-0.4, -0.2) is 23.8 Å². The number of halogens is 1. The van der Waals surface area contributed by atoms with E-state index in [1.54, 1.807) is 30.1 Å². The van der Waals surface area contributed by atoms with Gasteiger partial charge in [-0.1, -0.05) is 34.1 Å². The van der Waals surface area contributed by atoms with Gasteiger partial charge in [-0.3, -0.25) is 9.59 Å². The molecule has 1 N–H and O–H groups in total. The summed E-state index contributed by atoms with van der Waals surface area (Å²) in [5.74, 6) is 1.03. The lowest BCUT2D eigenvalue weighted by molar-refractivity contribution is -0.128. The van der Waals surface area contributed by atoms with Gasteiger partial charge in [-0.05, 0) is 48.0 Å². The van der Waals surface area contributed by atoms with Crippen LogP contribution in [-0.2, 0) is 17.9 Å². The van der Waals surface area contributed by atoms with Gasteiger partial charge in [-0.2, -0.15) is 0 Å². The highest BCUT2D eigenvalue weighted by Gasteiger charge is 2.15. The van der Waals surface area contributed by atoms with Gasteiger partial charge in [0.25, 0.3) is 5.91 Å². The van der Waals surface area contributed by atoms with E-state index in [1.165, 1.54) is 6.92 Å². The van der Waals surface area contributed by atoms with E-state index < -0.39 is 0 Å². The Balaban J connectivity index is 1.63. The molecule has 0 aliphatic heterocycles. The van der Waals surface area contributed by atoms with Crippen molar-refractivity contribution in [1.82, 2.24) is 4.90 Å². The number of ether oxygens (including phenoxy) is 1. The second kappa shape index (κ2) is 9.43. The number of nitrogens with one attached hydrogen (secondary N) is 1. The number of hydrogen-bond acceptors (Lipinski definition) is 4. The van der Waals surface area contributed by atoms with Gasteiger partial charge in [-0.25, -0.2) is 0 Å². The predicted octanol–water partition coefficient (Wildman–Crippen LogP) is 4.85. The van der Waals surface area contributed by atoms with Gasteiger partial charge in [0.15, 0.2) is 5.76 Å². The molecule has 150 valence electrons. The summed E-state index contributed by atoms with van der Waals surface area (Å²) >= 11 is 3.38. The number of nitrogens with zero attached hydrogens (tertiary/aromatic N) is 1. The number of hydrogen-bond donors (Lipinski definition) is 1. The van der Waals surface area contributed by atoms with Crippen LogP contribution in [0.4, 0.5) is 5.69 Å². The molecule has 29 heavy (non-hydrogen) atoms. The maximum atomic E-state index is 12.6. The van der Waals surface area contributed by atoms with Crippen molar-refractivity contribution in [3.05, 3.63) is 82.2 Å². The maximum absolute atomic E-state index is 12.6. The first-order valence-corrected chi connectivity index (χ1v) is 9.79. The van der Waals surface area contributed by atoms with Gasteiger partial charge >= 0.3 is 0 Å². The van der Waals surface area contributed by atoms with Crippen LogP contribution in [0, 0.1) is 0 Å². The van der Waals surface area contributed by atoms with Crippen molar-refractivity contribution in [3.8, 4) is 5.75 Å². The minimum absolute atomic E-state index is 0.0485. The molecule has 0 aliphatic rings. The van der Waals surface area contributed by atoms with Crippen LogP contribution in [0.1, 0.15) is 28.8 Å². The predicted molar refractivity (Wildman–Crippen MR) is 114 cm³/mol. The van der Waals surface area contributed by atoms with Gasteiger partial charge in [0.05, 0.1) is 0 Å². The van der Waals surface area contributed by atoms with E-state index in [-0.39, 0.29) is 24.2 Å². The zero-order chi connectivity index (χ0) is 20.8. The van der Waals surface area contributed by atoms with Gasteiger partial charge in [0.1, 0.15) is 18.1 Å². The average Bonchev–Trinajstić information content (AvgIpc) is 3.18. The van der Waals surface area contributed by atoms with Crippen LogP contribution in [0.25, 0.3) is 0 Å². The first-order chi connectivity index (χ1) is 13.9. The Morgan fingerprint density at radius 1 is 1.07 bits per heavy atom. The molecule has 0 saturated carbocycles. The molecule has 1 aromatic heterocycles. The molecule has 2 aromatic carbocycles. The van der Waals surface area contributed by atoms with Gasteiger partial charge in [0.2, 0.25) is 5.91 Å². The molecular weight excluding hydrogens is 436 g/mol. The molecule has 1 heterocycles. The number of furan rings is 1. The van der Waals surface area contributed by atoms with E-state index in [0.29, 0.717) is 23.7 Å². The average molecular weight is 457 g/mol. The lowest BCUT2D eigenvalue weighted by atomic mass is 10.1. The number of para-hydroxylation sites is 1. The molecule has 2 amide bonds. The van der Waals surface area contributed by atoms with E-state index in [9.17, 15) is 9.59 Å². The van der Waals surface area contributed by atoms with Crippen LogP contribution < -0.4 is 10.1 Å². The molecule has 0 atom stereocenters. The minimum Gasteiger partial charge on any atom is -0.486 e. The van der Waals surface area contributed by atoms with E-state index in [1.807, 2.05) is 42.5 Å². The number of amides is 2.